The molecule has 1 N–H and O–H groups in total. The lowest BCUT2D eigenvalue weighted by Gasteiger charge is -2.14. The highest BCUT2D eigenvalue weighted by Crippen LogP contribution is 2.33. The average Bonchev–Trinajstić information content (AvgIpc) is 2.05. The van der Waals surface area contributed by atoms with E-state index in [1.54, 1.807) is 0 Å². The first-order valence-corrected chi connectivity index (χ1v) is 5.23. The smallest absolute Gasteiger partial charge is 0.382 e. The molecule has 0 aromatic heterocycles. The summed E-state index contributed by atoms with van der Waals surface area (Å²) >= 11 is 3.11. The van der Waals surface area contributed by atoms with Crippen molar-refractivity contribution in [1.82, 2.24) is 0 Å². The van der Waals surface area contributed by atoms with Gasteiger partial charge in [-0.3, -0.25) is 0 Å². The molecule has 0 amide bonds. The number of hydrogen-bond acceptors (Lipinski definition) is 1. The maximum atomic E-state index is 12.3. The van der Waals surface area contributed by atoms with E-state index in [9.17, 15) is 13.2 Å². The summed E-state index contributed by atoms with van der Waals surface area (Å²) in [4.78, 5) is 0. The van der Waals surface area contributed by atoms with Gasteiger partial charge in [-0.1, -0.05) is 0 Å². The molecule has 1 aromatic rings. The van der Waals surface area contributed by atoms with Gasteiger partial charge in [0.05, 0.1) is 5.56 Å². The summed E-state index contributed by atoms with van der Waals surface area (Å²) in [5, 5.41) is 3.04. The molecule has 0 saturated carbocycles. The lowest BCUT2D eigenvalue weighted by Crippen LogP contribution is -2.11. The van der Waals surface area contributed by atoms with E-state index >= 15 is 0 Å². The van der Waals surface area contributed by atoms with Crippen LogP contribution in [0.1, 0.15) is 19.4 Å². The molecule has 0 heterocycles. The molecule has 0 fully saturated rings. The number of anilines is 1. The molecular weight excluding hydrogens is 271 g/mol. The number of alkyl halides is 3. The van der Waals surface area contributed by atoms with Crippen LogP contribution >= 0.6 is 15.9 Å². The number of halogens is 4. The van der Waals surface area contributed by atoms with Gasteiger partial charge in [-0.05, 0) is 48.0 Å². The highest BCUT2D eigenvalue weighted by atomic mass is 79.9. The highest BCUT2D eigenvalue weighted by molar-refractivity contribution is 9.10. The van der Waals surface area contributed by atoms with E-state index in [1.165, 1.54) is 6.07 Å². The molecule has 0 aliphatic carbocycles. The molecule has 84 valence electrons. The molecule has 0 aliphatic heterocycles. The molecule has 1 nitrogen and oxygen atoms in total. The van der Waals surface area contributed by atoms with Gasteiger partial charge in [-0.25, -0.2) is 0 Å². The lowest BCUT2D eigenvalue weighted by molar-refractivity contribution is -0.137. The Bertz CT molecular complexity index is 347. The largest absolute Gasteiger partial charge is 0.416 e. The van der Waals surface area contributed by atoms with Crippen LogP contribution in [0.5, 0.6) is 0 Å². The Morgan fingerprint density at radius 2 is 1.87 bits per heavy atom. The SMILES string of the molecule is CC(C)Nc1ccc(C(F)(F)F)cc1Br. The molecule has 0 unspecified atom stereocenters. The molecule has 0 radical (unpaired) electrons. The zero-order valence-corrected chi connectivity index (χ0v) is 9.91. The number of nitrogens with one attached hydrogen (secondary N) is 1. The third-order valence-corrected chi connectivity index (χ3v) is 2.40. The van der Waals surface area contributed by atoms with E-state index < -0.39 is 11.7 Å². The summed E-state index contributed by atoms with van der Waals surface area (Å²) in [5.74, 6) is 0. The first-order chi connectivity index (χ1) is 6.80. The fourth-order valence-electron chi connectivity index (χ4n) is 1.12. The van der Waals surface area contributed by atoms with Crippen LogP contribution in [0.4, 0.5) is 18.9 Å². The van der Waals surface area contributed by atoms with E-state index in [0.29, 0.717) is 10.2 Å². The van der Waals surface area contributed by atoms with E-state index in [-0.39, 0.29) is 6.04 Å². The standard InChI is InChI=1S/C10H11BrF3N/c1-6(2)15-9-4-3-7(5-8(9)11)10(12,13)14/h3-6,15H,1-2H3. The molecule has 0 atom stereocenters. The Kier molecular flexibility index (Phi) is 3.65. The fraction of sp³-hybridized carbons (Fsp3) is 0.400. The third kappa shape index (κ3) is 3.41. The van der Waals surface area contributed by atoms with Gasteiger partial charge < -0.3 is 5.32 Å². The van der Waals surface area contributed by atoms with Crippen LogP contribution in [0.2, 0.25) is 0 Å². The monoisotopic (exact) mass is 281 g/mol. The normalized spacial score (nSPS) is 11.9. The molecule has 1 rings (SSSR count). The summed E-state index contributed by atoms with van der Waals surface area (Å²) in [5.41, 5.74) is 0.0154. The van der Waals surface area contributed by atoms with Crippen molar-refractivity contribution < 1.29 is 13.2 Å². The van der Waals surface area contributed by atoms with Gasteiger partial charge in [0.1, 0.15) is 0 Å². The topological polar surface area (TPSA) is 12.0 Å². The number of rotatable bonds is 2. The molecule has 0 bridgehead atoms. The van der Waals surface area contributed by atoms with Crippen molar-refractivity contribution in [3.05, 3.63) is 28.2 Å². The van der Waals surface area contributed by atoms with Crippen LogP contribution in [0.25, 0.3) is 0 Å². The first kappa shape index (κ1) is 12.4. The molecular formula is C10H11BrF3N. The van der Waals surface area contributed by atoms with Crippen LogP contribution in [0.15, 0.2) is 22.7 Å². The first-order valence-electron chi connectivity index (χ1n) is 4.44. The highest BCUT2D eigenvalue weighted by Gasteiger charge is 2.30. The van der Waals surface area contributed by atoms with Crippen molar-refractivity contribution in [1.29, 1.82) is 0 Å². The Balaban J connectivity index is 2.98. The Morgan fingerprint density at radius 3 is 2.27 bits per heavy atom. The van der Waals surface area contributed by atoms with Crippen LogP contribution in [-0.4, -0.2) is 6.04 Å². The van der Waals surface area contributed by atoms with E-state index in [0.717, 1.165) is 12.1 Å². The second kappa shape index (κ2) is 4.43. The van der Waals surface area contributed by atoms with Crippen molar-refractivity contribution in [3.8, 4) is 0 Å². The van der Waals surface area contributed by atoms with E-state index in [1.807, 2.05) is 13.8 Å². The zero-order valence-electron chi connectivity index (χ0n) is 8.32. The van der Waals surface area contributed by atoms with Crippen LogP contribution in [-0.2, 0) is 6.18 Å². The van der Waals surface area contributed by atoms with Crippen molar-refractivity contribution in [2.75, 3.05) is 5.32 Å². The van der Waals surface area contributed by atoms with Crippen LogP contribution < -0.4 is 5.32 Å². The predicted molar refractivity (Wildman–Crippen MR) is 57.9 cm³/mol. The quantitative estimate of drug-likeness (QED) is 0.853. The Hall–Kier alpha value is -0.710. The average molecular weight is 282 g/mol. The molecule has 15 heavy (non-hydrogen) atoms. The van der Waals surface area contributed by atoms with Gasteiger partial charge in [-0.15, -0.1) is 0 Å². The minimum atomic E-state index is -4.29. The van der Waals surface area contributed by atoms with E-state index in [4.69, 9.17) is 0 Å². The number of benzene rings is 1. The minimum Gasteiger partial charge on any atom is -0.382 e. The molecule has 0 aliphatic rings. The van der Waals surface area contributed by atoms with Crippen molar-refractivity contribution in [2.24, 2.45) is 0 Å². The summed E-state index contributed by atoms with van der Waals surface area (Å²) in [7, 11) is 0. The summed E-state index contributed by atoms with van der Waals surface area (Å²) in [6.07, 6.45) is -4.29. The predicted octanol–water partition coefficient (Wildman–Crippen LogP) is 4.29. The summed E-state index contributed by atoms with van der Waals surface area (Å²) < 4.78 is 37.4. The van der Waals surface area contributed by atoms with Crippen molar-refractivity contribution >= 4 is 21.6 Å². The van der Waals surface area contributed by atoms with E-state index in [2.05, 4.69) is 21.2 Å². The van der Waals surface area contributed by atoms with Gasteiger partial charge in [-0.2, -0.15) is 13.2 Å². The summed E-state index contributed by atoms with van der Waals surface area (Å²) in [6.45, 7) is 3.84. The van der Waals surface area contributed by atoms with Gasteiger partial charge in [0.25, 0.3) is 0 Å². The van der Waals surface area contributed by atoms with Crippen molar-refractivity contribution in [2.45, 2.75) is 26.1 Å². The Labute approximate surface area is 94.8 Å². The zero-order chi connectivity index (χ0) is 11.6. The number of hydrogen-bond donors (Lipinski definition) is 1. The maximum Gasteiger partial charge on any atom is 0.416 e. The molecule has 0 saturated heterocycles. The van der Waals surface area contributed by atoms with Gasteiger partial charge in [0.2, 0.25) is 0 Å². The molecule has 5 heteroatoms. The lowest BCUT2D eigenvalue weighted by atomic mass is 10.2. The molecule has 0 spiro atoms. The van der Waals surface area contributed by atoms with Gasteiger partial charge in [0, 0.05) is 16.2 Å². The van der Waals surface area contributed by atoms with Crippen molar-refractivity contribution in [3.63, 3.8) is 0 Å². The van der Waals surface area contributed by atoms with Crippen LogP contribution in [0, 0.1) is 0 Å². The van der Waals surface area contributed by atoms with Crippen LogP contribution in [0.3, 0.4) is 0 Å². The maximum absolute atomic E-state index is 12.3. The Morgan fingerprint density at radius 1 is 1.27 bits per heavy atom. The molecule has 1 aromatic carbocycles. The fourth-order valence-corrected chi connectivity index (χ4v) is 1.61. The van der Waals surface area contributed by atoms with Gasteiger partial charge in [0.15, 0.2) is 0 Å². The van der Waals surface area contributed by atoms with Gasteiger partial charge >= 0.3 is 6.18 Å². The second-order valence-electron chi connectivity index (χ2n) is 3.49. The summed E-state index contributed by atoms with van der Waals surface area (Å²) in [6, 6.07) is 3.74. The third-order valence-electron chi connectivity index (χ3n) is 1.74. The second-order valence-corrected chi connectivity index (χ2v) is 4.35. The minimum absolute atomic E-state index is 0.179.